The molecule has 1 fully saturated rings. The Balaban J connectivity index is 1.87. The Morgan fingerprint density at radius 3 is 2.40 bits per heavy atom. The van der Waals surface area contributed by atoms with Gasteiger partial charge in [0.05, 0.1) is 12.0 Å². The maximum absolute atomic E-state index is 14.6. The standard InChI is InChI=1S/C41H64N4O7S/c1-8-20-52-37(39-44-34(25-53-39)38(47)43-31(21-29(7)41(49)50)22-30-16-12-11-13-17-30)24-35(27(4)5)45(26-51-10-3)40(48)32(28(6)9-2)23-36(46)33-18-14-15-19-42-33/h11-13,16-17,25,27-29,31-33,35,37,42H,8-10,14-15,18-24,26H2,1-7H3,(H,43,47)(H,49,50)/t28-,29-,31+,32-,33+,35+,37+/m0/s1. The highest BCUT2D eigenvalue weighted by Gasteiger charge is 2.38. The number of piperidine rings is 1. The number of benzene rings is 1. The van der Waals surface area contributed by atoms with Gasteiger partial charge in [-0.15, -0.1) is 11.3 Å². The number of Topliss-reactive ketones (excluding diaryl/α,β-unsaturated/α-hetero) is 1. The highest BCUT2D eigenvalue weighted by Crippen LogP contribution is 2.33. The van der Waals surface area contributed by atoms with Crippen molar-refractivity contribution in [2.75, 3.05) is 26.5 Å². The third-order valence-corrected chi connectivity index (χ3v) is 11.3. The molecule has 11 nitrogen and oxygen atoms in total. The third-order valence-electron chi connectivity index (χ3n) is 10.4. The fourth-order valence-electron chi connectivity index (χ4n) is 6.92. The van der Waals surface area contributed by atoms with Gasteiger partial charge in [0.1, 0.15) is 23.5 Å². The van der Waals surface area contributed by atoms with E-state index in [0.717, 1.165) is 44.2 Å². The van der Waals surface area contributed by atoms with Crippen LogP contribution in [0.1, 0.15) is 127 Å². The average Bonchev–Trinajstić information content (AvgIpc) is 3.65. The van der Waals surface area contributed by atoms with E-state index in [1.54, 1.807) is 12.3 Å². The number of nitrogens with zero attached hydrogens (tertiary/aromatic N) is 2. The summed E-state index contributed by atoms with van der Waals surface area (Å²) >= 11 is 1.34. The highest BCUT2D eigenvalue weighted by molar-refractivity contribution is 7.09. The minimum Gasteiger partial charge on any atom is -0.481 e. The van der Waals surface area contributed by atoms with E-state index >= 15 is 0 Å². The van der Waals surface area contributed by atoms with E-state index in [-0.39, 0.29) is 66.8 Å². The molecule has 1 aliphatic rings. The largest absolute Gasteiger partial charge is 0.481 e. The molecule has 0 spiro atoms. The van der Waals surface area contributed by atoms with Crippen molar-refractivity contribution in [1.82, 2.24) is 20.5 Å². The topological polar surface area (TPSA) is 147 Å². The van der Waals surface area contributed by atoms with Gasteiger partial charge in [0.15, 0.2) is 5.78 Å². The van der Waals surface area contributed by atoms with Gasteiger partial charge in [-0.3, -0.25) is 19.2 Å². The lowest BCUT2D eigenvalue weighted by molar-refractivity contribution is -0.151. The van der Waals surface area contributed by atoms with Gasteiger partial charge in [0.2, 0.25) is 5.91 Å². The van der Waals surface area contributed by atoms with Crippen LogP contribution in [-0.2, 0) is 30.3 Å². The zero-order chi connectivity index (χ0) is 38.9. The molecule has 7 atom stereocenters. The molecule has 1 saturated heterocycles. The van der Waals surface area contributed by atoms with Crippen molar-refractivity contribution in [3.05, 3.63) is 52.0 Å². The third kappa shape index (κ3) is 13.9. The lowest BCUT2D eigenvalue weighted by Crippen LogP contribution is -2.50. The number of ether oxygens (including phenoxy) is 2. The maximum Gasteiger partial charge on any atom is 0.306 e. The monoisotopic (exact) mass is 756 g/mol. The molecule has 3 N–H and O–H groups in total. The van der Waals surface area contributed by atoms with Gasteiger partial charge in [-0.2, -0.15) is 0 Å². The quantitative estimate of drug-likeness (QED) is 0.0958. The van der Waals surface area contributed by atoms with Crippen LogP contribution in [0.3, 0.4) is 0 Å². The van der Waals surface area contributed by atoms with Crippen molar-refractivity contribution in [2.45, 2.75) is 130 Å². The smallest absolute Gasteiger partial charge is 0.306 e. The van der Waals surface area contributed by atoms with E-state index < -0.39 is 30.0 Å². The number of hydrogen-bond acceptors (Lipinski definition) is 9. The van der Waals surface area contributed by atoms with Crippen LogP contribution < -0.4 is 10.6 Å². The fraction of sp³-hybridized carbons (Fsp3) is 0.683. The van der Waals surface area contributed by atoms with Gasteiger partial charge in [-0.1, -0.05) is 84.7 Å². The number of carbonyl (C=O) groups excluding carboxylic acids is 3. The van der Waals surface area contributed by atoms with E-state index in [0.29, 0.717) is 31.1 Å². The molecule has 0 unspecified atom stereocenters. The fourth-order valence-corrected chi connectivity index (χ4v) is 7.78. The first-order valence-corrected chi connectivity index (χ1v) is 20.6. The average molecular weight is 757 g/mol. The Morgan fingerprint density at radius 2 is 1.79 bits per heavy atom. The van der Waals surface area contributed by atoms with E-state index in [4.69, 9.17) is 14.5 Å². The number of ketones is 1. The van der Waals surface area contributed by atoms with Gasteiger partial charge < -0.3 is 30.1 Å². The van der Waals surface area contributed by atoms with Crippen LogP contribution in [-0.4, -0.2) is 83.2 Å². The zero-order valence-electron chi connectivity index (χ0n) is 33.0. The van der Waals surface area contributed by atoms with E-state index in [9.17, 15) is 24.3 Å². The minimum atomic E-state index is -0.913. The summed E-state index contributed by atoms with van der Waals surface area (Å²) in [7, 11) is 0. The first-order valence-electron chi connectivity index (χ1n) is 19.7. The van der Waals surface area contributed by atoms with Crippen molar-refractivity contribution < 1.29 is 33.8 Å². The van der Waals surface area contributed by atoms with Crippen LogP contribution in [0.25, 0.3) is 0 Å². The van der Waals surface area contributed by atoms with Gasteiger partial charge in [-0.25, -0.2) is 4.98 Å². The second-order valence-electron chi connectivity index (χ2n) is 14.9. The molecule has 2 aromatic rings. The number of amides is 2. The normalized spacial score (nSPS) is 18.1. The van der Waals surface area contributed by atoms with Gasteiger partial charge in [-0.05, 0) is 63.0 Å². The van der Waals surface area contributed by atoms with Crippen LogP contribution >= 0.6 is 11.3 Å². The molecule has 296 valence electrons. The number of hydrogen-bond donors (Lipinski definition) is 3. The Labute approximate surface area is 321 Å². The SMILES string of the molecule is CCCO[C@H](C[C@H](C(C)C)N(COCC)C(=O)[C@@H](CC(=O)[C@H]1CCCCN1)[C@@H](C)CC)c1nc(C(=O)N[C@@H](Cc2ccccc2)C[C@H](C)C(=O)O)cs1. The molecule has 0 radical (unpaired) electrons. The van der Waals surface area contributed by atoms with Crippen LogP contribution in [0.4, 0.5) is 0 Å². The number of carbonyl (C=O) groups is 4. The minimum absolute atomic E-state index is 0.00311. The molecule has 1 aliphatic heterocycles. The highest BCUT2D eigenvalue weighted by atomic mass is 32.1. The molecular weight excluding hydrogens is 693 g/mol. The Kier molecular flexibility index (Phi) is 19.1. The number of aliphatic carboxylic acids is 1. The van der Waals surface area contributed by atoms with Crippen molar-refractivity contribution >= 4 is 34.9 Å². The van der Waals surface area contributed by atoms with Gasteiger partial charge in [0, 0.05) is 49.4 Å². The van der Waals surface area contributed by atoms with Gasteiger partial charge >= 0.3 is 5.97 Å². The molecule has 1 aromatic heterocycles. The second kappa shape index (κ2) is 22.9. The number of aromatic nitrogens is 1. The molecule has 2 amide bonds. The van der Waals surface area contributed by atoms with Crippen molar-refractivity contribution in [2.24, 2.45) is 23.7 Å². The number of thiazole rings is 1. The lowest BCUT2D eigenvalue weighted by atomic mass is 9.83. The van der Waals surface area contributed by atoms with Crippen molar-refractivity contribution in [1.29, 1.82) is 0 Å². The predicted molar refractivity (Wildman–Crippen MR) is 209 cm³/mol. The molecule has 0 bridgehead atoms. The summed E-state index contributed by atoms with van der Waals surface area (Å²) in [5, 5.41) is 18.3. The summed E-state index contributed by atoms with van der Waals surface area (Å²) in [5.41, 5.74) is 1.24. The summed E-state index contributed by atoms with van der Waals surface area (Å²) < 4.78 is 12.3. The number of rotatable bonds is 24. The molecule has 3 rings (SSSR count). The first kappa shape index (κ1) is 44.2. The van der Waals surface area contributed by atoms with Crippen molar-refractivity contribution in [3.63, 3.8) is 0 Å². The summed E-state index contributed by atoms with van der Waals surface area (Å²) in [6.07, 6.45) is 5.31. The van der Waals surface area contributed by atoms with Crippen LogP contribution in [0, 0.1) is 23.7 Å². The van der Waals surface area contributed by atoms with E-state index in [1.165, 1.54) is 11.3 Å². The summed E-state index contributed by atoms with van der Waals surface area (Å²) in [5.74, 6) is -2.35. The van der Waals surface area contributed by atoms with Crippen LogP contribution in [0.2, 0.25) is 0 Å². The Morgan fingerprint density at radius 1 is 1.06 bits per heavy atom. The summed E-state index contributed by atoms with van der Waals surface area (Å²) in [6, 6.07) is 8.78. The first-order chi connectivity index (χ1) is 25.4. The molecule has 53 heavy (non-hydrogen) atoms. The maximum atomic E-state index is 14.6. The van der Waals surface area contributed by atoms with E-state index in [1.807, 2.05) is 49.1 Å². The van der Waals surface area contributed by atoms with Gasteiger partial charge in [0.25, 0.3) is 5.91 Å². The zero-order valence-corrected chi connectivity index (χ0v) is 33.8. The second-order valence-corrected chi connectivity index (χ2v) is 15.8. The number of carboxylic acids is 1. The number of carboxylic acid groups (broad SMARTS) is 1. The predicted octanol–water partition coefficient (Wildman–Crippen LogP) is 7.06. The van der Waals surface area contributed by atoms with Crippen molar-refractivity contribution in [3.8, 4) is 0 Å². The Hall–Kier alpha value is -3.19. The molecular formula is C41H64N4O7S. The Bertz CT molecular complexity index is 1410. The lowest BCUT2D eigenvalue weighted by Gasteiger charge is -2.39. The summed E-state index contributed by atoms with van der Waals surface area (Å²) in [4.78, 5) is 60.0. The van der Waals surface area contributed by atoms with Crippen LogP contribution in [0.5, 0.6) is 0 Å². The molecule has 0 saturated carbocycles. The summed E-state index contributed by atoms with van der Waals surface area (Å²) in [6.45, 7) is 15.7. The number of nitrogens with one attached hydrogen (secondary N) is 2. The molecule has 12 heteroatoms. The molecule has 1 aromatic carbocycles. The molecule has 0 aliphatic carbocycles. The van der Waals surface area contributed by atoms with Crippen LogP contribution in [0.15, 0.2) is 35.7 Å². The molecule has 2 heterocycles. The van der Waals surface area contributed by atoms with E-state index in [2.05, 4.69) is 38.3 Å².